The van der Waals surface area contributed by atoms with Gasteiger partial charge >= 0.3 is 0 Å². The number of rotatable bonds is 0. The van der Waals surface area contributed by atoms with E-state index in [-0.39, 0.29) is 0 Å². The molecule has 0 aliphatic heterocycles. The Hall–Kier alpha value is -9.02. The highest BCUT2D eigenvalue weighted by Gasteiger charge is 1.83. The van der Waals surface area contributed by atoms with Crippen LogP contribution in [0.5, 0.6) is 0 Å². The van der Waals surface area contributed by atoms with Crippen LogP contribution >= 0.6 is 34.6 Å². The quantitative estimate of drug-likeness (QED) is 0.143. The van der Waals surface area contributed by atoms with Gasteiger partial charge in [0.2, 0.25) is 6.39 Å². The number of hydrogen-bond donors (Lipinski definition) is 2. The maximum atomic E-state index is 4.46. The molecule has 12 aromatic heterocycles. The second-order valence-corrected chi connectivity index (χ2v) is 16.2. The highest BCUT2D eigenvalue weighted by molar-refractivity contribution is 7.03. The zero-order valence-electron chi connectivity index (χ0n) is 44.3. The zero-order chi connectivity index (χ0) is 55.7. The lowest BCUT2D eigenvalue weighted by molar-refractivity contribution is 0.392. The van der Waals surface area contributed by atoms with Gasteiger partial charge in [0.25, 0.3) is 0 Å². The number of aryl methyl sites for hydroxylation is 12. The summed E-state index contributed by atoms with van der Waals surface area (Å²) < 4.78 is 24.5. The van der Waals surface area contributed by atoms with Crippen molar-refractivity contribution in [2.45, 2.75) is 83.1 Å². The van der Waals surface area contributed by atoms with Crippen molar-refractivity contribution < 1.29 is 13.6 Å². The molecule has 0 bridgehead atoms. The van der Waals surface area contributed by atoms with Crippen molar-refractivity contribution in [1.82, 2.24) is 109 Å². The van der Waals surface area contributed by atoms with Crippen molar-refractivity contribution in [2.24, 2.45) is 0 Å². The number of imidazole rings is 1. The summed E-state index contributed by atoms with van der Waals surface area (Å²) in [5, 5.41) is 27.4. The molecule has 0 fully saturated rings. The first kappa shape index (κ1) is 65.0. The largest absolute Gasteiger partial charge is 0.365 e. The molecule has 0 atom stereocenters. The van der Waals surface area contributed by atoms with Gasteiger partial charge in [0.1, 0.15) is 66.5 Å². The van der Waals surface area contributed by atoms with Crippen LogP contribution in [0.4, 0.5) is 0 Å². The van der Waals surface area contributed by atoms with E-state index in [1.807, 2.05) is 136 Å². The molecule has 25 nitrogen and oxygen atoms in total. The Balaban J connectivity index is 0.000000415. The number of nitrogens with one attached hydrogen (secondary N) is 2. The minimum Gasteiger partial charge on any atom is -0.365 e. The molecule has 0 amide bonds. The molecule has 12 heterocycles. The molecular weight excluding hydrogens is 1030 g/mol. The van der Waals surface area contributed by atoms with Gasteiger partial charge in [-0.1, -0.05) is 26.9 Å². The van der Waals surface area contributed by atoms with Crippen molar-refractivity contribution in [3.63, 3.8) is 0 Å². The van der Waals surface area contributed by atoms with E-state index < -0.39 is 0 Å². The van der Waals surface area contributed by atoms with Crippen LogP contribution in [-0.4, -0.2) is 109 Å². The van der Waals surface area contributed by atoms with Gasteiger partial charge in [-0.3, -0.25) is 15.1 Å². The molecule has 76 heavy (non-hydrogen) atoms. The monoisotopic (exact) mass is 1090 g/mol. The van der Waals surface area contributed by atoms with Gasteiger partial charge in [0.15, 0.2) is 5.82 Å². The molecule has 12 aromatic rings. The fourth-order valence-electron chi connectivity index (χ4n) is 3.53. The third-order valence-electron chi connectivity index (χ3n) is 7.14. The van der Waals surface area contributed by atoms with E-state index >= 15 is 0 Å². The Morgan fingerprint density at radius 2 is 1.28 bits per heavy atom. The summed E-state index contributed by atoms with van der Waals surface area (Å²) in [6.07, 6.45) is 24.4. The highest BCUT2D eigenvalue weighted by atomic mass is 32.1. The minimum absolute atomic E-state index is 0.676. The van der Waals surface area contributed by atoms with Crippen LogP contribution in [0.1, 0.15) is 68.5 Å². The number of hydrogen-bond acceptors (Lipinski definition) is 26. The van der Waals surface area contributed by atoms with Crippen molar-refractivity contribution >= 4 is 34.6 Å². The summed E-state index contributed by atoms with van der Waals surface area (Å²) in [5.74, 6) is 3.15. The van der Waals surface area contributed by atoms with Gasteiger partial charge in [-0.25, -0.2) is 44.2 Å². The first-order valence-electron chi connectivity index (χ1n) is 22.2. The van der Waals surface area contributed by atoms with Crippen molar-refractivity contribution in [3.8, 4) is 0 Å². The standard InChI is InChI=1S/2C6H7N.C5H6N2.C4H5N3.C4H6N2.C4H5NO.C4H5NS.C3H5N3.2C3H4N2O.2C3H4N2S/c1-6-3-2-4-7-5-6;1-6-4-2-3-5-7-6;1-5-2-3-6-4-7-5;1-4-6-2-5-3-7-4;1-4-2-5-3-6-4;2*1-4-2-5-6-3-4;1-3-4-2-5-6-3;1-3-4-2-6-5-3;1-3-2-6-5-4-3;1-3-4-2-6-5-3;1-3-2-6-5-4-3/h2*2-5H,1H3;2-4H,1H3;2-3H,1H3;2-3H,1H3,(H,5,6);2*2-3H,1H3;2H,1H3,(H,4,5,6);4*2H,1H3. The molecule has 0 aliphatic rings. The second kappa shape index (κ2) is 44.7. The summed E-state index contributed by atoms with van der Waals surface area (Å²) in [5.41, 5.74) is 10.2. The van der Waals surface area contributed by atoms with Gasteiger partial charge in [0, 0.05) is 75.9 Å². The topological polar surface area (TPSA) is 329 Å². The van der Waals surface area contributed by atoms with Crippen molar-refractivity contribution in [2.75, 3.05) is 0 Å². The molecule has 0 saturated heterocycles. The van der Waals surface area contributed by atoms with Crippen LogP contribution in [0, 0.1) is 83.1 Å². The molecule has 400 valence electrons. The number of pyridine rings is 2. The molecule has 0 aromatic carbocycles. The van der Waals surface area contributed by atoms with E-state index in [0.29, 0.717) is 5.82 Å². The van der Waals surface area contributed by atoms with Gasteiger partial charge in [-0.2, -0.15) is 14.5 Å². The van der Waals surface area contributed by atoms with E-state index in [1.165, 1.54) is 83.7 Å². The summed E-state index contributed by atoms with van der Waals surface area (Å²) >= 11 is 4.25. The van der Waals surface area contributed by atoms with Gasteiger partial charge in [-0.05, 0) is 153 Å². The molecular formula is C48H62N22O3S3. The van der Waals surface area contributed by atoms with Crippen LogP contribution < -0.4 is 0 Å². The van der Waals surface area contributed by atoms with E-state index in [4.69, 9.17) is 0 Å². The summed E-state index contributed by atoms with van der Waals surface area (Å²) in [4.78, 5) is 44.5. The van der Waals surface area contributed by atoms with Crippen LogP contribution in [0.2, 0.25) is 0 Å². The van der Waals surface area contributed by atoms with Crippen LogP contribution in [0.3, 0.4) is 0 Å². The first-order chi connectivity index (χ1) is 36.7. The van der Waals surface area contributed by atoms with E-state index in [1.54, 1.807) is 56.0 Å². The second-order valence-electron chi connectivity index (χ2n) is 14.3. The van der Waals surface area contributed by atoms with Gasteiger partial charge < -0.3 is 18.6 Å². The molecule has 0 unspecified atom stereocenters. The lowest BCUT2D eigenvalue weighted by Gasteiger charge is -1.82. The average Bonchev–Trinajstić information content (AvgIpc) is 4.26. The predicted octanol–water partition coefficient (Wildman–Crippen LogP) is 9.46. The molecule has 0 radical (unpaired) electrons. The van der Waals surface area contributed by atoms with Crippen LogP contribution in [-0.2, 0) is 0 Å². The maximum absolute atomic E-state index is 4.46. The normalized spacial score (nSPS) is 8.79. The Morgan fingerprint density at radius 3 is 1.49 bits per heavy atom. The lowest BCUT2D eigenvalue weighted by Crippen LogP contribution is -1.84. The Bertz CT molecular complexity index is 2370. The van der Waals surface area contributed by atoms with Crippen molar-refractivity contribution in [1.29, 1.82) is 0 Å². The predicted molar refractivity (Wildman–Crippen MR) is 289 cm³/mol. The molecule has 0 spiro atoms. The van der Waals surface area contributed by atoms with Crippen LogP contribution in [0.25, 0.3) is 0 Å². The number of H-pyrrole nitrogens is 2. The highest BCUT2D eigenvalue weighted by Crippen LogP contribution is 1.96. The molecule has 2 N–H and O–H groups in total. The third-order valence-corrected chi connectivity index (χ3v) is 9.03. The van der Waals surface area contributed by atoms with E-state index in [0.717, 1.165) is 51.5 Å². The van der Waals surface area contributed by atoms with Crippen molar-refractivity contribution in [3.05, 3.63) is 215 Å². The molecule has 0 aliphatic carbocycles. The minimum atomic E-state index is 0.676. The Morgan fingerprint density at radius 1 is 0.487 bits per heavy atom. The zero-order valence-corrected chi connectivity index (χ0v) is 46.7. The summed E-state index contributed by atoms with van der Waals surface area (Å²) in [7, 11) is 0. The lowest BCUT2D eigenvalue weighted by atomic mass is 10.3. The maximum Gasteiger partial charge on any atom is 0.213 e. The fraction of sp³-hybridized carbons (Fsp3) is 0.250. The number of aromatic nitrogens is 22. The van der Waals surface area contributed by atoms with Gasteiger partial charge in [0.05, 0.1) is 18.2 Å². The first-order valence-corrected chi connectivity index (χ1v) is 24.7. The molecule has 0 saturated carbocycles. The third kappa shape index (κ3) is 42.6. The van der Waals surface area contributed by atoms with Gasteiger partial charge in [-0.15, -0.1) is 10.2 Å². The van der Waals surface area contributed by atoms with E-state index in [9.17, 15) is 0 Å². The fourth-order valence-corrected chi connectivity index (χ4v) is 4.91. The smallest absolute Gasteiger partial charge is 0.213 e. The molecule has 28 heteroatoms. The number of nitrogens with zero attached hydrogens (tertiary/aromatic N) is 20. The summed E-state index contributed by atoms with van der Waals surface area (Å²) in [6, 6.07) is 11.7. The average molecular weight is 1090 g/mol. The van der Waals surface area contributed by atoms with E-state index in [2.05, 4.69) is 123 Å². The molecule has 12 rings (SSSR count). The number of aromatic amines is 2. The summed E-state index contributed by atoms with van der Waals surface area (Å²) in [6.45, 7) is 22.9. The Kier molecular flexibility index (Phi) is 38.2. The Labute approximate surface area is 453 Å². The SMILES string of the molecule is Cc1ccccn1.Cc1cccnc1.Cc1ccncn1.Cc1cnc[nH]1.Cc1cnoc1.Cc1cnsc1.Cc1conn1.Cc1csnn1.Cc1ncn[nH]1.Cc1ncncn1.Cc1ncon1.Cc1ncsn1. The van der Waals surface area contributed by atoms with Crippen LogP contribution in [0.15, 0.2) is 160 Å².